The van der Waals surface area contributed by atoms with Crippen LogP contribution in [0.5, 0.6) is 0 Å². The van der Waals surface area contributed by atoms with Gasteiger partial charge in [0.25, 0.3) is 6.47 Å². The molecule has 1 rings (SSSR count). The number of ether oxygens (including phenoxy) is 1. The number of rotatable bonds is 12. The van der Waals surface area contributed by atoms with E-state index in [-0.39, 0.29) is 5.60 Å². The lowest BCUT2D eigenvalue weighted by molar-refractivity contribution is -0.140. The molecule has 0 saturated carbocycles. The molecule has 25 heavy (non-hydrogen) atoms. The minimum Gasteiger partial charge on any atom is -0.462 e. The monoisotopic (exact) mass is 346 g/mol. The van der Waals surface area contributed by atoms with Crippen molar-refractivity contribution in [2.24, 2.45) is 5.41 Å². The molecule has 0 radical (unpaired) electrons. The van der Waals surface area contributed by atoms with E-state index in [9.17, 15) is 4.79 Å². The Morgan fingerprint density at radius 3 is 1.72 bits per heavy atom. The summed E-state index contributed by atoms with van der Waals surface area (Å²) in [5, 5.41) is 0. The Hall–Kier alpha value is -1.31. The largest absolute Gasteiger partial charge is 0.462 e. The molecule has 1 aromatic rings. The van der Waals surface area contributed by atoms with Crippen LogP contribution in [0, 0.1) is 5.41 Å². The van der Waals surface area contributed by atoms with E-state index in [0.29, 0.717) is 11.9 Å². The molecule has 0 heterocycles. The Bertz CT molecular complexity index is 480. The van der Waals surface area contributed by atoms with Gasteiger partial charge in [-0.25, -0.2) is 0 Å². The van der Waals surface area contributed by atoms with Gasteiger partial charge in [0.2, 0.25) is 0 Å². The van der Waals surface area contributed by atoms with Crippen molar-refractivity contribution in [3.05, 3.63) is 35.4 Å². The first-order chi connectivity index (χ1) is 11.7. The molecule has 2 heteroatoms. The Morgan fingerprint density at radius 1 is 0.760 bits per heavy atom. The molecule has 0 fully saturated rings. The molecule has 142 valence electrons. The van der Waals surface area contributed by atoms with E-state index in [1.165, 1.54) is 43.2 Å². The number of hydrogen-bond acceptors (Lipinski definition) is 2. The highest BCUT2D eigenvalue weighted by atomic mass is 16.5. The van der Waals surface area contributed by atoms with Crippen molar-refractivity contribution < 1.29 is 9.53 Å². The first kappa shape index (κ1) is 21.7. The second-order valence-electron chi connectivity index (χ2n) is 9.12. The van der Waals surface area contributed by atoms with E-state index >= 15 is 0 Å². The van der Waals surface area contributed by atoms with Crippen LogP contribution in [0.3, 0.4) is 0 Å². The van der Waals surface area contributed by atoms with Gasteiger partial charge in [0.05, 0.1) is 0 Å². The summed E-state index contributed by atoms with van der Waals surface area (Å²) in [6.45, 7) is 11.5. The topological polar surface area (TPSA) is 26.3 Å². The fourth-order valence-electron chi connectivity index (χ4n) is 3.10. The molecule has 1 aromatic carbocycles. The zero-order chi connectivity index (χ0) is 18.8. The lowest BCUT2D eigenvalue weighted by Gasteiger charge is -2.22. The van der Waals surface area contributed by atoms with E-state index in [1.54, 1.807) is 0 Å². The van der Waals surface area contributed by atoms with Crippen molar-refractivity contribution in [2.75, 3.05) is 0 Å². The predicted octanol–water partition coefficient (Wildman–Crippen LogP) is 6.50. The maximum absolute atomic E-state index is 10.4. The quantitative estimate of drug-likeness (QED) is 0.319. The van der Waals surface area contributed by atoms with E-state index in [0.717, 1.165) is 25.7 Å². The molecule has 0 aliphatic heterocycles. The van der Waals surface area contributed by atoms with Gasteiger partial charge >= 0.3 is 0 Å². The molecule has 0 spiro atoms. The van der Waals surface area contributed by atoms with E-state index in [4.69, 9.17) is 4.74 Å². The molecule has 0 unspecified atom stereocenters. The first-order valence-corrected chi connectivity index (χ1v) is 9.91. The minimum absolute atomic E-state index is 0.335. The van der Waals surface area contributed by atoms with Gasteiger partial charge in [0.15, 0.2) is 0 Å². The van der Waals surface area contributed by atoms with Crippen molar-refractivity contribution in [2.45, 2.75) is 98.0 Å². The lowest BCUT2D eigenvalue weighted by atomic mass is 9.89. The summed E-state index contributed by atoms with van der Waals surface area (Å²) in [5.74, 6) is 0. The Kier molecular flexibility index (Phi) is 9.24. The molecular weight excluding hydrogens is 308 g/mol. The molecule has 0 N–H and O–H groups in total. The number of hydrogen-bond donors (Lipinski definition) is 0. The average Bonchev–Trinajstić information content (AvgIpc) is 2.51. The minimum atomic E-state index is -0.335. The smallest absolute Gasteiger partial charge is 0.293 e. The highest BCUT2D eigenvalue weighted by molar-refractivity contribution is 5.38. The summed E-state index contributed by atoms with van der Waals surface area (Å²) in [6, 6.07) is 9.13. The zero-order valence-electron chi connectivity index (χ0n) is 17.1. The SMILES string of the molecule is CC(C)(C)CCCCCc1ccc(CCCCC(C)(C)OC=O)cc1. The van der Waals surface area contributed by atoms with E-state index in [2.05, 4.69) is 45.0 Å². The van der Waals surface area contributed by atoms with E-state index < -0.39 is 0 Å². The Labute approximate surface area is 155 Å². The molecule has 0 saturated heterocycles. The average molecular weight is 347 g/mol. The number of carbonyl (C=O) groups excluding carboxylic acids is 1. The van der Waals surface area contributed by atoms with Crippen molar-refractivity contribution in [1.29, 1.82) is 0 Å². The third-order valence-electron chi connectivity index (χ3n) is 4.78. The van der Waals surface area contributed by atoms with Gasteiger partial charge in [-0.05, 0) is 75.3 Å². The molecule has 0 aliphatic carbocycles. The van der Waals surface area contributed by atoms with Gasteiger partial charge in [0.1, 0.15) is 5.60 Å². The van der Waals surface area contributed by atoms with Crippen molar-refractivity contribution in [3.63, 3.8) is 0 Å². The summed E-state index contributed by atoms with van der Waals surface area (Å²) in [7, 11) is 0. The van der Waals surface area contributed by atoms with Gasteiger partial charge in [-0.2, -0.15) is 0 Å². The molecule has 2 nitrogen and oxygen atoms in total. The number of benzene rings is 1. The Morgan fingerprint density at radius 2 is 1.24 bits per heavy atom. The van der Waals surface area contributed by atoms with Crippen LogP contribution in [-0.2, 0) is 22.4 Å². The first-order valence-electron chi connectivity index (χ1n) is 9.91. The summed E-state index contributed by atoms with van der Waals surface area (Å²) in [4.78, 5) is 10.4. The van der Waals surface area contributed by atoms with Crippen LogP contribution < -0.4 is 0 Å². The number of unbranched alkanes of at least 4 members (excludes halogenated alkanes) is 3. The normalized spacial score (nSPS) is 12.2. The molecule has 0 atom stereocenters. The molecular formula is C23H38O2. The predicted molar refractivity (Wildman–Crippen MR) is 107 cm³/mol. The third-order valence-corrected chi connectivity index (χ3v) is 4.78. The maximum Gasteiger partial charge on any atom is 0.293 e. The summed E-state index contributed by atoms with van der Waals surface area (Å²) in [6.07, 6.45) is 10.7. The highest BCUT2D eigenvalue weighted by Gasteiger charge is 2.17. The third kappa shape index (κ3) is 11.0. The van der Waals surface area contributed by atoms with Gasteiger partial charge in [-0.15, -0.1) is 0 Å². The van der Waals surface area contributed by atoms with Crippen LogP contribution in [0.25, 0.3) is 0 Å². The Balaban J connectivity index is 2.20. The summed E-state index contributed by atoms with van der Waals surface area (Å²) in [5.41, 5.74) is 3.00. The zero-order valence-corrected chi connectivity index (χ0v) is 17.1. The molecule has 0 amide bonds. The van der Waals surface area contributed by atoms with Crippen molar-refractivity contribution in [1.82, 2.24) is 0 Å². The fourth-order valence-corrected chi connectivity index (χ4v) is 3.10. The van der Waals surface area contributed by atoms with Gasteiger partial charge < -0.3 is 4.74 Å². The van der Waals surface area contributed by atoms with Crippen LogP contribution >= 0.6 is 0 Å². The lowest BCUT2D eigenvalue weighted by Crippen LogP contribution is -2.23. The maximum atomic E-state index is 10.4. The molecule has 0 aliphatic rings. The second kappa shape index (κ2) is 10.6. The van der Waals surface area contributed by atoms with Crippen molar-refractivity contribution in [3.8, 4) is 0 Å². The standard InChI is InChI=1S/C23H38O2/c1-22(2,3)17-9-6-7-11-20-13-15-21(16-14-20)12-8-10-18-23(4,5)25-19-24/h13-16,19H,6-12,17-18H2,1-5H3. The van der Waals surface area contributed by atoms with Crippen LogP contribution in [0.2, 0.25) is 0 Å². The van der Waals surface area contributed by atoms with E-state index in [1.807, 2.05) is 13.8 Å². The highest BCUT2D eigenvalue weighted by Crippen LogP contribution is 2.22. The van der Waals surface area contributed by atoms with Crippen LogP contribution in [0.4, 0.5) is 0 Å². The summed E-state index contributed by atoms with van der Waals surface area (Å²) < 4.78 is 5.09. The number of aryl methyl sites for hydroxylation is 2. The van der Waals surface area contributed by atoms with Crippen LogP contribution in [0.15, 0.2) is 24.3 Å². The molecule has 0 bridgehead atoms. The van der Waals surface area contributed by atoms with Crippen LogP contribution in [-0.4, -0.2) is 12.1 Å². The van der Waals surface area contributed by atoms with Gasteiger partial charge in [-0.1, -0.05) is 57.9 Å². The van der Waals surface area contributed by atoms with Gasteiger partial charge in [-0.3, -0.25) is 4.79 Å². The second-order valence-corrected chi connectivity index (χ2v) is 9.12. The van der Waals surface area contributed by atoms with Crippen molar-refractivity contribution >= 4 is 6.47 Å². The van der Waals surface area contributed by atoms with Gasteiger partial charge in [0, 0.05) is 0 Å². The molecule has 0 aromatic heterocycles. The summed E-state index contributed by atoms with van der Waals surface area (Å²) >= 11 is 0. The number of carbonyl (C=O) groups is 1. The fraction of sp³-hybridized carbons (Fsp3) is 0.696. The van der Waals surface area contributed by atoms with Crippen LogP contribution in [0.1, 0.15) is 90.7 Å².